The standard InChI is InChI=1S/C17H18N6OS/c1-10-4-6-13(7-5-10)17(24)22-8-9-23-14(11(22)2)19-20-15(23)16-18-12(3)21-25-16/h4-7,11H,8-9H2,1-3H3. The van der Waals surface area contributed by atoms with Crippen LogP contribution in [0.15, 0.2) is 24.3 Å². The van der Waals surface area contributed by atoms with Gasteiger partial charge in [0, 0.05) is 18.7 Å². The highest BCUT2D eigenvalue weighted by atomic mass is 32.1. The van der Waals surface area contributed by atoms with Gasteiger partial charge in [0.2, 0.25) is 0 Å². The molecule has 0 N–H and O–H groups in total. The second-order valence-electron chi connectivity index (χ2n) is 6.22. The van der Waals surface area contributed by atoms with Crippen LogP contribution in [0.25, 0.3) is 10.8 Å². The maximum Gasteiger partial charge on any atom is 0.254 e. The number of aromatic nitrogens is 5. The van der Waals surface area contributed by atoms with Crippen LogP contribution in [-0.4, -0.2) is 41.5 Å². The summed E-state index contributed by atoms with van der Waals surface area (Å²) in [5.41, 5.74) is 1.84. The lowest BCUT2D eigenvalue weighted by atomic mass is 10.1. The first-order chi connectivity index (χ1) is 12.0. The first kappa shape index (κ1) is 15.9. The molecule has 3 heterocycles. The van der Waals surface area contributed by atoms with Crippen molar-refractivity contribution < 1.29 is 4.79 Å². The fourth-order valence-electron chi connectivity index (χ4n) is 3.07. The highest BCUT2D eigenvalue weighted by molar-refractivity contribution is 7.09. The Kier molecular flexibility index (Phi) is 3.84. The van der Waals surface area contributed by atoms with Crippen molar-refractivity contribution in [2.45, 2.75) is 33.4 Å². The molecule has 0 radical (unpaired) electrons. The molecule has 1 aliphatic heterocycles. The van der Waals surface area contributed by atoms with E-state index < -0.39 is 0 Å². The van der Waals surface area contributed by atoms with E-state index in [1.807, 2.05) is 54.5 Å². The van der Waals surface area contributed by atoms with Gasteiger partial charge < -0.3 is 9.47 Å². The smallest absolute Gasteiger partial charge is 0.254 e. The van der Waals surface area contributed by atoms with Crippen LogP contribution in [0.3, 0.4) is 0 Å². The number of nitrogens with zero attached hydrogens (tertiary/aromatic N) is 6. The van der Waals surface area contributed by atoms with Gasteiger partial charge in [-0.2, -0.15) is 4.37 Å². The van der Waals surface area contributed by atoms with Crippen molar-refractivity contribution in [3.05, 3.63) is 47.0 Å². The van der Waals surface area contributed by atoms with Crippen LogP contribution in [-0.2, 0) is 6.54 Å². The van der Waals surface area contributed by atoms with E-state index in [-0.39, 0.29) is 11.9 Å². The molecule has 0 spiro atoms. The molecule has 0 fully saturated rings. The monoisotopic (exact) mass is 354 g/mol. The molecule has 0 saturated carbocycles. The number of hydrogen-bond acceptors (Lipinski definition) is 6. The topological polar surface area (TPSA) is 76.8 Å². The average Bonchev–Trinajstić information content (AvgIpc) is 3.21. The van der Waals surface area contributed by atoms with Crippen LogP contribution in [0.4, 0.5) is 0 Å². The molecule has 0 aliphatic carbocycles. The predicted molar refractivity (Wildman–Crippen MR) is 94.3 cm³/mol. The third kappa shape index (κ3) is 2.72. The molecule has 8 heteroatoms. The lowest BCUT2D eigenvalue weighted by Crippen LogP contribution is -2.41. The SMILES string of the molecule is Cc1ccc(C(=O)N2CCn3c(-c4nc(C)ns4)nnc3C2C)cc1. The minimum atomic E-state index is -0.141. The van der Waals surface area contributed by atoms with E-state index in [9.17, 15) is 4.79 Å². The number of aryl methyl sites for hydroxylation is 2. The van der Waals surface area contributed by atoms with Crippen molar-refractivity contribution in [2.75, 3.05) is 6.54 Å². The number of carbonyl (C=O) groups is 1. The van der Waals surface area contributed by atoms with Gasteiger partial charge in [0.05, 0.1) is 6.04 Å². The van der Waals surface area contributed by atoms with Crippen molar-refractivity contribution in [1.82, 2.24) is 29.0 Å². The summed E-state index contributed by atoms with van der Waals surface area (Å²) in [6.07, 6.45) is 0. The Bertz CT molecular complexity index is 929. The first-order valence-corrected chi connectivity index (χ1v) is 8.93. The van der Waals surface area contributed by atoms with Crippen LogP contribution in [0.5, 0.6) is 0 Å². The van der Waals surface area contributed by atoms with Crippen LogP contribution in [0, 0.1) is 13.8 Å². The Hall–Kier alpha value is -2.61. The molecule has 1 unspecified atom stereocenters. The summed E-state index contributed by atoms with van der Waals surface area (Å²) in [4.78, 5) is 19.1. The van der Waals surface area contributed by atoms with Gasteiger partial charge in [-0.3, -0.25) is 4.79 Å². The molecule has 0 saturated heterocycles. The van der Waals surface area contributed by atoms with Gasteiger partial charge in [-0.05, 0) is 44.4 Å². The molecule has 1 aromatic carbocycles. The van der Waals surface area contributed by atoms with E-state index in [1.165, 1.54) is 11.5 Å². The van der Waals surface area contributed by atoms with E-state index in [0.29, 0.717) is 18.7 Å². The maximum atomic E-state index is 12.9. The third-order valence-electron chi connectivity index (χ3n) is 4.46. The molecule has 1 amide bonds. The molecule has 1 aliphatic rings. The number of rotatable bonds is 2. The fourth-order valence-corrected chi connectivity index (χ4v) is 3.74. The van der Waals surface area contributed by atoms with Gasteiger partial charge in [0.25, 0.3) is 5.91 Å². The lowest BCUT2D eigenvalue weighted by molar-refractivity contribution is 0.0638. The van der Waals surface area contributed by atoms with Gasteiger partial charge in [-0.1, -0.05) is 17.7 Å². The molecular formula is C17H18N6OS. The maximum absolute atomic E-state index is 12.9. The number of benzene rings is 1. The largest absolute Gasteiger partial charge is 0.327 e. The number of amides is 1. The number of carbonyl (C=O) groups excluding carboxylic acids is 1. The summed E-state index contributed by atoms with van der Waals surface area (Å²) in [5.74, 6) is 2.27. The minimum absolute atomic E-state index is 0.0232. The van der Waals surface area contributed by atoms with Crippen LogP contribution < -0.4 is 0 Å². The number of fused-ring (bicyclic) bond motifs is 1. The fraction of sp³-hybridized carbons (Fsp3) is 0.353. The molecule has 1 atom stereocenters. The van der Waals surface area contributed by atoms with Crippen LogP contribution in [0.1, 0.15) is 40.5 Å². The van der Waals surface area contributed by atoms with E-state index in [4.69, 9.17) is 0 Å². The molecule has 2 aromatic heterocycles. The molecule has 7 nitrogen and oxygen atoms in total. The second kappa shape index (κ2) is 6.03. The third-order valence-corrected chi connectivity index (χ3v) is 5.27. The van der Waals surface area contributed by atoms with E-state index in [0.717, 1.165) is 28.0 Å². The lowest BCUT2D eigenvalue weighted by Gasteiger charge is -2.33. The molecule has 0 bridgehead atoms. The Morgan fingerprint density at radius 2 is 1.92 bits per heavy atom. The zero-order chi connectivity index (χ0) is 17.6. The Morgan fingerprint density at radius 3 is 2.60 bits per heavy atom. The summed E-state index contributed by atoms with van der Waals surface area (Å²) in [5, 5.41) is 9.38. The van der Waals surface area contributed by atoms with Gasteiger partial charge in [0.15, 0.2) is 16.7 Å². The Morgan fingerprint density at radius 1 is 1.16 bits per heavy atom. The normalized spacial score (nSPS) is 16.8. The number of hydrogen-bond donors (Lipinski definition) is 0. The van der Waals surface area contributed by atoms with Gasteiger partial charge in [-0.25, -0.2) is 4.98 Å². The summed E-state index contributed by atoms with van der Waals surface area (Å²) in [6, 6.07) is 7.52. The van der Waals surface area contributed by atoms with Gasteiger partial charge in [-0.15, -0.1) is 10.2 Å². The van der Waals surface area contributed by atoms with Gasteiger partial charge in [0.1, 0.15) is 5.82 Å². The van der Waals surface area contributed by atoms with E-state index in [1.54, 1.807) is 0 Å². The van der Waals surface area contributed by atoms with Crippen LogP contribution >= 0.6 is 11.5 Å². The quantitative estimate of drug-likeness (QED) is 0.707. The Labute approximate surface area is 149 Å². The Balaban J connectivity index is 1.63. The second-order valence-corrected chi connectivity index (χ2v) is 6.97. The predicted octanol–water partition coefficient (Wildman–Crippen LogP) is 2.63. The van der Waals surface area contributed by atoms with Gasteiger partial charge >= 0.3 is 0 Å². The zero-order valence-corrected chi connectivity index (χ0v) is 15.1. The summed E-state index contributed by atoms with van der Waals surface area (Å²) < 4.78 is 6.26. The van der Waals surface area contributed by atoms with Crippen molar-refractivity contribution in [3.8, 4) is 10.8 Å². The average molecular weight is 354 g/mol. The van der Waals surface area contributed by atoms with E-state index in [2.05, 4.69) is 19.6 Å². The molecule has 25 heavy (non-hydrogen) atoms. The summed E-state index contributed by atoms with van der Waals surface area (Å²) >= 11 is 1.32. The molecule has 3 aromatic rings. The van der Waals surface area contributed by atoms with Crippen molar-refractivity contribution in [1.29, 1.82) is 0 Å². The zero-order valence-electron chi connectivity index (χ0n) is 14.3. The minimum Gasteiger partial charge on any atom is -0.327 e. The summed E-state index contributed by atoms with van der Waals surface area (Å²) in [7, 11) is 0. The first-order valence-electron chi connectivity index (χ1n) is 8.16. The highest BCUT2D eigenvalue weighted by Crippen LogP contribution is 2.30. The molecule has 128 valence electrons. The molecule has 4 rings (SSSR count). The summed E-state index contributed by atoms with van der Waals surface area (Å²) in [6.45, 7) is 7.12. The van der Waals surface area contributed by atoms with Crippen molar-refractivity contribution >= 4 is 17.4 Å². The molecular weight excluding hydrogens is 336 g/mol. The van der Waals surface area contributed by atoms with Crippen molar-refractivity contribution in [3.63, 3.8) is 0 Å². The van der Waals surface area contributed by atoms with E-state index >= 15 is 0 Å². The van der Waals surface area contributed by atoms with Crippen LogP contribution in [0.2, 0.25) is 0 Å². The van der Waals surface area contributed by atoms with Crippen molar-refractivity contribution in [2.24, 2.45) is 0 Å². The highest BCUT2D eigenvalue weighted by Gasteiger charge is 2.32.